The predicted octanol–water partition coefficient (Wildman–Crippen LogP) is 4.46. The summed E-state index contributed by atoms with van der Waals surface area (Å²) in [5, 5.41) is 10.3. The van der Waals surface area contributed by atoms with Crippen molar-refractivity contribution in [2.45, 2.75) is 18.4 Å². The lowest BCUT2D eigenvalue weighted by Gasteiger charge is -2.39. The average Bonchev–Trinajstić information content (AvgIpc) is 3.07. The van der Waals surface area contributed by atoms with Crippen molar-refractivity contribution in [2.24, 2.45) is 0 Å². The number of nitrogens with zero attached hydrogens (tertiary/aromatic N) is 1. The maximum atomic E-state index is 10.3. The zero-order valence-electron chi connectivity index (χ0n) is 13.4. The molecule has 0 saturated carbocycles. The Morgan fingerprint density at radius 1 is 0.957 bits per heavy atom. The molecule has 0 amide bonds. The monoisotopic (exact) mass is 305 g/mol. The molecule has 23 heavy (non-hydrogen) atoms. The van der Waals surface area contributed by atoms with Gasteiger partial charge in [-0.05, 0) is 41.7 Å². The second-order valence-electron chi connectivity index (χ2n) is 6.07. The summed E-state index contributed by atoms with van der Waals surface area (Å²) in [7, 11) is 0. The van der Waals surface area contributed by atoms with Crippen molar-refractivity contribution in [3.05, 3.63) is 78.4 Å². The van der Waals surface area contributed by atoms with E-state index in [1.165, 1.54) is 0 Å². The molecule has 1 fully saturated rings. The van der Waals surface area contributed by atoms with E-state index in [1.807, 2.05) is 12.2 Å². The Kier molecular flexibility index (Phi) is 4.35. The molecule has 0 radical (unpaired) electrons. The first-order valence-corrected chi connectivity index (χ1v) is 8.07. The molecule has 2 aromatic carbocycles. The molecule has 2 aromatic rings. The Labute approximate surface area is 138 Å². The van der Waals surface area contributed by atoms with Crippen LogP contribution in [0.2, 0.25) is 0 Å². The zero-order valence-corrected chi connectivity index (χ0v) is 13.4. The van der Waals surface area contributed by atoms with Crippen LogP contribution in [0.1, 0.15) is 29.5 Å². The van der Waals surface area contributed by atoms with E-state index in [0.29, 0.717) is 0 Å². The smallest absolute Gasteiger partial charge is 0.0884 e. The zero-order chi connectivity index (χ0) is 16.3. The average molecular weight is 305 g/mol. The summed E-state index contributed by atoms with van der Waals surface area (Å²) >= 11 is 0. The second kappa shape index (κ2) is 6.43. The van der Waals surface area contributed by atoms with E-state index in [9.17, 15) is 5.11 Å². The van der Waals surface area contributed by atoms with E-state index in [0.717, 1.165) is 41.8 Å². The Balaban J connectivity index is 2.00. The van der Waals surface area contributed by atoms with Gasteiger partial charge in [-0.3, -0.25) is 0 Å². The highest BCUT2D eigenvalue weighted by Crippen LogP contribution is 2.41. The van der Waals surface area contributed by atoms with E-state index in [1.54, 1.807) is 0 Å². The molecule has 0 unspecified atom stereocenters. The van der Waals surface area contributed by atoms with Crippen molar-refractivity contribution in [1.82, 2.24) is 0 Å². The van der Waals surface area contributed by atoms with Crippen LogP contribution >= 0.6 is 0 Å². The minimum absolute atomic E-state index is 0.115. The molecule has 1 aliphatic rings. The molecule has 2 heteroatoms. The molecule has 0 aromatic heterocycles. The van der Waals surface area contributed by atoms with E-state index in [4.69, 9.17) is 0 Å². The Hall–Kier alpha value is -2.32. The van der Waals surface area contributed by atoms with Gasteiger partial charge in [-0.25, -0.2) is 0 Å². The van der Waals surface area contributed by atoms with Gasteiger partial charge in [0.15, 0.2) is 0 Å². The van der Waals surface area contributed by atoms with Gasteiger partial charge in [0.05, 0.1) is 12.1 Å². The normalized spacial score (nSPS) is 20.5. The second-order valence-corrected chi connectivity index (χ2v) is 6.07. The predicted molar refractivity (Wildman–Crippen MR) is 98.4 cm³/mol. The number of aliphatic hydroxyl groups excluding tert-OH is 1. The van der Waals surface area contributed by atoms with Crippen molar-refractivity contribution < 1.29 is 5.11 Å². The quantitative estimate of drug-likeness (QED) is 0.881. The highest BCUT2D eigenvalue weighted by atomic mass is 16.3. The number of hydrogen-bond donors (Lipinski definition) is 1. The van der Waals surface area contributed by atoms with Crippen molar-refractivity contribution in [1.29, 1.82) is 0 Å². The molecular weight excluding hydrogens is 282 g/mol. The first-order chi connectivity index (χ1) is 11.2. The molecule has 0 aliphatic carbocycles. The topological polar surface area (TPSA) is 23.5 Å². The van der Waals surface area contributed by atoms with Crippen LogP contribution in [0.4, 0.5) is 5.69 Å². The molecule has 0 spiro atoms. The first-order valence-electron chi connectivity index (χ1n) is 8.07. The molecule has 1 atom stereocenters. The van der Waals surface area contributed by atoms with Gasteiger partial charge in [-0.2, -0.15) is 0 Å². The maximum absolute atomic E-state index is 10.3. The molecule has 1 saturated heterocycles. The standard InChI is InChI=1S/C21H23NO/c1-3-17-6-10-19(11-7-17)21(16-23)14-5-15-22(21)20-12-8-18(4-2)9-13-20/h3-4,6-13,23H,1-2,5,14-16H2/t21-/m1/s1. The van der Waals surface area contributed by atoms with Gasteiger partial charge in [0, 0.05) is 12.2 Å². The molecule has 0 bridgehead atoms. The van der Waals surface area contributed by atoms with Crippen LogP contribution in [-0.4, -0.2) is 18.3 Å². The molecule has 118 valence electrons. The molecule has 1 heterocycles. The van der Waals surface area contributed by atoms with Crippen LogP contribution in [0.25, 0.3) is 12.2 Å². The van der Waals surface area contributed by atoms with Gasteiger partial charge in [0.1, 0.15) is 0 Å². The summed E-state index contributed by atoms with van der Waals surface area (Å²) < 4.78 is 0. The number of benzene rings is 2. The van der Waals surface area contributed by atoms with Gasteiger partial charge in [-0.15, -0.1) is 0 Å². The van der Waals surface area contributed by atoms with Gasteiger partial charge < -0.3 is 10.0 Å². The summed E-state index contributed by atoms with van der Waals surface area (Å²) in [6.07, 6.45) is 5.73. The summed E-state index contributed by atoms with van der Waals surface area (Å²) in [6, 6.07) is 16.7. The summed E-state index contributed by atoms with van der Waals surface area (Å²) in [5.41, 5.74) is 4.18. The van der Waals surface area contributed by atoms with Crippen molar-refractivity contribution in [3.63, 3.8) is 0 Å². The Morgan fingerprint density at radius 3 is 2.04 bits per heavy atom. The third-order valence-electron chi connectivity index (χ3n) is 4.87. The minimum atomic E-state index is -0.338. The van der Waals surface area contributed by atoms with E-state index in [2.05, 4.69) is 66.6 Å². The number of anilines is 1. The number of rotatable bonds is 5. The van der Waals surface area contributed by atoms with Crippen LogP contribution in [-0.2, 0) is 5.54 Å². The fourth-order valence-electron chi connectivity index (χ4n) is 3.53. The third kappa shape index (κ3) is 2.71. The van der Waals surface area contributed by atoms with Crippen LogP contribution in [0.5, 0.6) is 0 Å². The minimum Gasteiger partial charge on any atom is -0.394 e. The maximum Gasteiger partial charge on any atom is 0.0884 e. The molecule has 1 N–H and O–H groups in total. The van der Waals surface area contributed by atoms with Gasteiger partial charge in [-0.1, -0.05) is 61.7 Å². The lowest BCUT2D eigenvalue weighted by atomic mass is 9.87. The summed E-state index contributed by atoms with van der Waals surface area (Å²) in [4.78, 5) is 2.34. The highest BCUT2D eigenvalue weighted by molar-refractivity contribution is 5.58. The lowest BCUT2D eigenvalue weighted by molar-refractivity contribution is 0.198. The van der Waals surface area contributed by atoms with Crippen molar-refractivity contribution in [3.8, 4) is 0 Å². The fraction of sp³-hybridized carbons (Fsp3) is 0.238. The third-order valence-corrected chi connectivity index (χ3v) is 4.87. The number of aliphatic hydroxyl groups is 1. The summed E-state index contributed by atoms with van der Waals surface area (Å²) in [6.45, 7) is 8.68. The van der Waals surface area contributed by atoms with E-state index in [-0.39, 0.29) is 12.1 Å². The van der Waals surface area contributed by atoms with Gasteiger partial charge in [0.25, 0.3) is 0 Å². The van der Waals surface area contributed by atoms with E-state index < -0.39 is 0 Å². The lowest BCUT2D eigenvalue weighted by Crippen LogP contribution is -2.44. The van der Waals surface area contributed by atoms with Gasteiger partial charge >= 0.3 is 0 Å². The van der Waals surface area contributed by atoms with E-state index >= 15 is 0 Å². The Morgan fingerprint density at radius 2 is 1.52 bits per heavy atom. The SMILES string of the molecule is C=Cc1ccc(N2CCC[C@@]2(CO)c2ccc(C=C)cc2)cc1. The molecule has 3 rings (SSSR count). The molecule has 1 aliphatic heterocycles. The van der Waals surface area contributed by atoms with Crippen molar-refractivity contribution >= 4 is 17.8 Å². The molecular formula is C21H23NO. The van der Waals surface area contributed by atoms with Gasteiger partial charge in [0.2, 0.25) is 0 Å². The first kappa shape index (κ1) is 15.6. The molecule has 2 nitrogen and oxygen atoms in total. The van der Waals surface area contributed by atoms with Crippen molar-refractivity contribution in [2.75, 3.05) is 18.1 Å². The highest BCUT2D eigenvalue weighted by Gasteiger charge is 2.42. The fourth-order valence-corrected chi connectivity index (χ4v) is 3.53. The van der Waals surface area contributed by atoms with Crippen LogP contribution in [0.3, 0.4) is 0 Å². The van der Waals surface area contributed by atoms with Crippen LogP contribution < -0.4 is 4.90 Å². The van der Waals surface area contributed by atoms with Crippen LogP contribution in [0.15, 0.2) is 61.7 Å². The van der Waals surface area contributed by atoms with Crippen LogP contribution in [0, 0.1) is 0 Å². The largest absolute Gasteiger partial charge is 0.394 e. The number of hydrogen-bond acceptors (Lipinski definition) is 2. The summed E-state index contributed by atoms with van der Waals surface area (Å²) in [5.74, 6) is 0. The Bertz CT molecular complexity index is 687.